The highest BCUT2D eigenvalue weighted by atomic mass is 127. The van der Waals surface area contributed by atoms with Crippen LogP contribution in [-0.4, -0.2) is 44.2 Å². The molecule has 0 amide bonds. The summed E-state index contributed by atoms with van der Waals surface area (Å²) in [7, 11) is 3.42. The van der Waals surface area contributed by atoms with Crippen molar-refractivity contribution in [2.45, 2.75) is 19.0 Å². The van der Waals surface area contributed by atoms with Crippen molar-refractivity contribution in [2.75, 3.05) is 32.1 Å². The molecule has 0 bridgehead atoms. The molecular weight excluding hydrogens is 548 g/mol. The highest BCUT2D eigenvalue weighted by molar-refractivity contribution is 14.0. The Morgan fingerprint density at radius 2 is 2.03 bits per heavy atom. The molecule has 2 aromatic carbocycles. The second-order valence-electron chi connectivity index (χ2n) is 7.73. The average molecular weight is 577 g/mol. The molecule has 1 aliphatic rings. The van der Waals surface area contributed by atoms with Gasteiger partial charge < -0.3 is 25.0 Å². The van der Waals surface area contributed by atoms with Crippen LogP contribution in [0.4, 0.5) is 10.1 Å². The largest absolute Gasteiger partial charge is 0.495 e. The summed E-state index contributed by atoms with van der Waals surface area (Å²) >= 11 is 0. The second-order valence-corrected chi connectivity index (χ2v) is 7.73. The Labute approximate surface area is 216 Å². The highest BCUT2D eigenvalue weighted by Gasteiger charge is 2.25. The Bertz CT molecular complexity index is 1100. The van der Waals surface area contributed by atoms with E-state index in [0.717, 1.165) is 36.5 Å². The molecule has 1 aromatic heterocycles. The summed E-state index contributed by atoms with van der Waals surface area (Å²) < 4.78 is 25.5. The van der Waals surface area contributed by atoms with E-state index in [4.69, 9.17) is 9.47 Å². The van der Waals surface area contributed by atoms with Gasteiger partial charge >= 0.3 is 0 Å². The minimum Gasteiger partial charge on any atom is -0.495 e. The minimum absolute atomic E-state index is 0. The Hall–Kier alpha value is -3.08. The summed E-state index contributed by atoms with van der Waals surface area (Å²) in [6, 6.07) is 16.7. The Kier molecular flexibility index (Phi) is 9.32. The zero-order valence-electron chi connectivity index (χ0n) is 19.2. The predicted molar refractivity (Wildman–Crippen MR) is 143 cm³/mol. The lowest BCUT2D eigenvalue weighted by molar-refractivity contribution is 0.415. The van der Waals surface area contributed by atoms with Gasteiger partial charge in [0, 0.05) is 38.9 Å². The smallest absolute Gasteiger partial charge is 0.191 e. The van der Waals surface area contributed by atoms with Crippen LogP contribution in [0.2, 0.25) is 0 Å². The quantitative estimate of drug-likeness (QED) is 0.244. The van der Waals surface area contributed by atoms with Gasteiger partial charge in [0.2, 0.25) is 0 Å². The average Bonchev–Trinajstić information content (AvgIpc) is 3.32. The Morgan fingerprint density at radius 3 is 2.76 bits per heavy atom. The zero-order chi connectivity index (χ0) is 23.0. The van der Waals surface area contributed by atoms with Crippen LogP contribution in [0.15, 0.2) is 72.0 Å². The van der Waals surface area contributed by atoms with Gasteiger partial charge in [0.1, 0.15) is 11.5 Å². The van der Waals surface area contributed by atoms with Crippen LogP contribution in [0.25, 0.3) is 0 Å². The van der Waals surface area contributed by atoms with E-state index in [1.807, 2.05) is 24.3 Å². The summed E-state index contributed by atoms with van der Waals surface area (Å²) in [5, 5.41) is 6.73. The predicted octanol–water partition coefficient (Wildman–Crippen LogP) is 4.58. The molecule has 1 unspecified atom stereocenters. The molecule has 9 heteroatoms. The number of aromatic nitrogens is 1. The number of aliphatic imine (C=N–C) groups is 1. The molecule has 1 atom stereocenters. The number of methoxy groups -OCH3 is 1. The van der Waals surface area contributed by atoms with Gasteiger partial charge in [-0.25, -0.2) is 4.39 Å². The number of ether oxygens (including phenoxy) is 2. The molecule has 1 fully saturated rings. The lowest BCUT2D eigenvalue weighted by atomic mass is 10.2. The molecule has 3 aromatic rings. The lowest BCUT2D eigenvalue weighted by Gasteiger charge is -2.22. The van der Waals surface area contributed by atoms with Crippen molar-refractivity contribution >= 4 is 35.6 Å². The van der Waals surface area contributed by atoms with Crippen molar-refractivity contribution in [3.8, 4) is 17.2 Å². The van der Waals surface area contributed by atoms with Gasteiger partial charge in [-0.2, -0.15) is 0 Å². The van der Waals surface area contributed by atoms with Gasteiger partial charge in [-0.1, -0.05) is 18.2 Å². The van der Waals surface area contributed by atoms with Crippen molar-refractivity contribution in [3.05, 3.63) is 78.4 Å². The van der Waals surface area contributed by atoms with E-state index in [-0.39, 0.29) is 35.8 Å². The molecular formula is C25H29FIN5O2. The molecule has 0 aliphatic carbocycles. The number of rotatable bonds is 7. The van der Waals surface area contributed by atoms with Gasteiger partial charge in [-0.3, -0.25) is 9.98 Å². The number of hydrogen-bond acceptors (Lipinski definition) is 5. The van der Waals surface area contributed by atoms with Gasteiger partial charge in [0.05, 0.1) is 19.0 Å². The third kappa shape index (κ3) is 6.49. The molecule has 34 heavy (non-hydrogen) atoms. The standard InChI is InChI=1S/C25H28FN5O2.HI/c1-27-25(30-19-11-13-31(17-19)22-7-3-4-8-24(22)32-2)29-15-18-9-10-23(21(26)14-18)33-20-6-5-12-28-16-20;/h3-10,12,14,16,19H,11,13,15,17H2,1-2H3,(H2,27,29,30);1H. The molecule has 2 N–H and O–H groups in total. The summed E-state index contributed by atoms with van der Waals surface area (Å²) in [6.45, 7) is 2.21. The first-order valence-electron chi connectivity index (χ1n) is 10.9. The monoisotopic (exact) mass is 577 g/mol. The van der Waals surface area contributed by atoms with E-state index in [1.54, 1.807) is 44.8 Å². The van der Waals surface area contributed by atoms with E-state index in [0.29, 0.717) is 18.3 Å². The molecule has 1 aliphatic heterocycles. The maximum Gasteiger partial charge on any atom is 0.191 e. The number of anilines is 1. The molecule has 2 heterocycles. The molecule has 7 nitrogen and oxygen atoms in total. The van der Waals surface area contributed by atoms with Crippen LogP contribution in [-0.2, 0) is 6.54 Å². The number of nitrogens with zero attached hydrogens (tertiary/aromatic N) is 3. The van der Waals surface area contributed by atoms with E-state index in [9.17, 15) is 4.39 Å². The maximum absolute atomic E-state index is 14.5. The molecule has 4 rings (SSSR count). The number of pyridine rings is 1. The Morgan fingerprint density at radius 1 is 1.18 bits per heavy atom. The van der Waals surface area contributed by atoms with Crippen LogP contribution in [0.5, 0.6) is 17.2 Å². The number of benzene rings is 2. The summed E-state index contributed by atoms with van der Waals surface area (Å²) in [6.07, 6.45) is 4.16. The third-order valence-electron chi connectivity index (χ3n) is 5.50. The second kappa shape index (κ2) is 12.4. The van der Waals surface area contributed by atoms with Crippen LogP contribution >= 0.6 is 24.0 Å². The molecule has 0 spiro atoms. The fourth-order valence-electron chi connectivity index (χ4n) is 3.83. The SMILES string of the molecule is CN=C(NCc1ccc(Oc2cccnc2)c(F)c1)NC1CCN(c2ccccc2OC)C1.I. The first-order valence-corrected chi connectivity index (χ1v) is 10.9. The molecule has 180 valence electrons. The highest BCUT2D eigenvalue weighted by Crippen LogP contribution is 2.30. The summed E-state index contributed by atoms with van der Waals surface area (Å²) in [4.78, 5) is 10.6. The molecule has 0 radical (unpaired) electrons. The van der Waals surface area contributed by atoms with E-state index >= 15 is 0 Å². The number of halogens is 2. The van der Waals surface area contributed by atoms with Gasteiger partial charge in [-0.05, 0) is 48.4 Å². The lowest BCUT2D eigenvalue weighted by Crippen LogP contribution is -2.44. The summed E-state index contributed by atoms with van der Waals surface area (Å²) in [5.74, 6) is 1.78. The zero-order valence-corrected chi connectivity index (χ0v) is 21.5. The molecule has 1 saturated heterocycles. The number of nitrogens with one attached hydrogen (secondary N) is 2. The van der Waals surface area contributed by atoms with Crippen LogP contribution < -0.4 is 25.0 Å². The van der Waals surface area contributed by atoms with E-state index in [2.05, 4.69) is 31.6 Å². The van der Waals surface area contributed by atoms with E-state index in [1.165, 1.54) is 6.07 Å². The van der Waals surface area contributed by atoms with Gasteiger partial charge in [0.25, 0.3) is 0 Å². The van der Waals surface area contributed by atoms with Crippen LogP contribution in [0.1, 0.15) is 12.0 Å². The summed E-state index contributed by atoms with van der Waals surface area (Å²) in [5.41, 5.74) is 1.88. The fraction of sp³-hybridized carbons (Fsp3) is 0.280. The molecule has 0 saturated carbocycles. The fourth-order valence-corrected chi connectivity index (χ4v) is 3.83. The minimum atomic E-state index is -0.427. The Balaban J connectivity index is 0.00000324. The van der Waals surface area contributed by atoms with Crippen molar-refractivity contribution in [1.29, 1.82) is 0 Å². The third-order valence-corrected chi connectivity index (χ3v) is 5.50. The van der Waals surface area contributed by atoms with E-state index < -0.39 is 5.82 Å². The number of para-hydroxylation sites is 2. The number of guanidine groups is 1. The van der Waals surface area contributed by atoms with Crippen LogP contribution in [0, 0.1) is 5.82 Å². The van der Waals surface area contributed by atoms with Crippen molar-refractivity contribution in [3.63, 3.8) is 0 Å². The van der Waals surface area contributed by atoms with Gasteiger partial charge in [-0.15, -0.1) is 24.0 Å². The van der Waals surface area contributed by atoms with Crippen LogP contribution in [0.3, 0.4) is 0 Å². The van der Waals surface area contributed by atoms with Crippen molar-refractivity contribution in [2.24, 2.45) is 4.99 Å². The van der Waals surface area contributed by atoms with Gasteiger partial charge in [0.15, 0.2) is 17.5 Å². The number of hydrogen-bond donors (Lipinski definition) is 2. The first-order chi connectivity index (χ1) is 16.2. The first kappa shape index (κ1) is 25.5. The maximum atomic E-state index is 14.5. The van der Waals surface area contributed by atoms with Crippen molar-refractivity contribution < 1.29 is 13.9 Å². The normalized spacial score (nSPS) is 15.4. The van der Waals surface area contributed by atoms with Crippen molar-refractivity contribution in [1.82, 2.24) is 15.6 Å². The topological polar surface area (TPSA) is 71.0 Å².